The van der Waals surface area contributed by atoms with Crippen LogP contribution in [0.15, 0.2) is 70.6 Å². The summed E-state index contributed by atoms with van der Waals surface area (Å²) in [7, 11) is 1.55. The molecule has 0 aromatic heterocycles. The first-order valence-electron chi connectivity index (χ1n) is 10.7. The highest BCUT2D eigenvalue weighted by atomic mass is 35.5. The van der Waals surface area contributed by atoms with Crippen molar-refractivity contribution in [1.82, 2.24) is 0 Å². The minimum absolute atomic E-state index is 0.216. The largest absolute Gasteiger partial charge is 0.493 e. The van der Waals surface area contributed by atoms with Gasteiger partial charge < -0.3 is 9.47 Å². The van der Waals surface area contributed by atoms with E-state index in [0.717, 1.165) is 6.42 Å². The van der Waals surface area contributed by atoms with Gasteiger partial charge >= 0.3 is 0 Å². The second-order valence-corrected chi connectivity index (χ2v) is 9.77. The molecule has 0 saturated carbocycles. The molecule has 1 heterocycles. The van der Waals surface area contributed by atoms with E-state index in [2.05, 4.69) is 0 Å². The van der Waals surface area contributed by atoms with Crippen molar-refractivity contribution in [1.29, 1.82) is 0 Å². The quantitative estimate of drug-likeness (QED) is 0.279. The van der Waals surface area contributed by atoms with Crippen LogP contribution in [0.1, 0.15) is 18.9 Å². The SMILES string of the molecule is CCCOc1c(Cl)cc(/C=C2\SC(=Nc3ccc(Cl)cc3)N(c3ccc(Cl)cc3)C2=O)cc1OC. The van der Waals surface area contributed by atoms with Crippen molar-refractivity contribution in [3.63, 3.8) is 0 Å². The van der Waals surface area contributed by atoms with E-state index >= 15 is 0 Å². The van der Waals surface area contributed by atoms with Crippen LogP contribution in [0.4, 0.5) is 11.4 Å². The van der Waals surface area contributed by atoms with Gasteiger partial charge in [0.1, 0.15) is 0 Å². The normalized spacial score (nSPS) is 15.8. The molecule has 1 amide bonds. The molecule has 0 bridgehead atoms. The number of carbonyl (C=O) groups excluding carboxylic acids is 1. The van der Waals surface area contributed by atoms with Crippen LogP contribution in [-0.4, -0.2) is 24.8 Å². The minimum Gasteiger partial charge on any atom is -0.493 e. The summed E-state index contributed by atoms with van der Waals surface area (Å²) in [5.74, 6) is 0.764. The van der Waals surface area contributed by atoms with Gasteiger partial charge in [0.05, 0.1) is 35.0 Å². The Morgan fingerprint density at radius 3 is 2.29 bits per heavy atom. The molecular weight excluding hydrogens is 527 g/mol. The smallest absolute Gasteiger partial charge is 0.271 e. The van der Waals surface area contributed by atoms with Crippen molar-refractivity contribution in [2.75, 3.05) is 18.6 Å². The van der Waals surface area contributed by atoms with Gasteiger partial charge in [-0.2, -0.15) is 0 Å². The molecule has 0 spiro atoms. The third-order valence-electron chi connectivity index (χ3n) is 4.94. The number of carbonyl (C=O) groups is 1. The average molecular weight is 548 g/mol. The number of benzene rings is 3. The summed E-state index contributed by atoms with van der Waals surface area (Å²) in [5.41, 5.74) is 2.03. The predicted octanol–water partition coefficient (Wildman–Crippen LogP) is 8.25. The molecule has 4 rings (SSSR count). The summed E-state index contributed by atoms with van der Waals surface area (Å²) in [6.45, 7) is 2.53. The summed E-state index contributed by atoms with van der Waals surface area (Å²) in [5, 5.41) is 2.10. The molecule has 1 aliphatic rings. The molecule has 0 N–H and O–H groups in total. The number of thioether (sulfide) groups is 1. The standard InChI is InChI=1S/C26H21Cl3N2O3S/c1-3-12-34-24-21(29)13-16(14-22(24)33-2)15-23-25(32)31(20-10-6-18(28)7-11-20)26(35-23)30-19-8-4-17(27)5-9-19/h4-11,13-15H,3,12H2,1-2H3/b23-15-,30-26?. The van der Waals surface area contributed by atoms with Gasteiger partial charge in [-0.3, -0.25) is 9.69 Å². The molecule has 0 radical (unpaired) electrons. The number of amidine groups is 1. The van der Waals surface area contributed by atoms with Crippen molar-refractivity contribution in [3.8, 4) is 11.5 Å². The van der Waals surface area contributed by atoms with Gasteiger partial charge in [0.25, 0.3) is 5.91 Å². The Kier molecular flexibility index (Phi) is 8.29. The second-order valence-electron chi connectivity index (χ2n) is 7.48. The predicted molar refractivity (Wildman–Crippen MR) is 147 cm³/mol. The number of ether oxygens (including phenoxy) is 2. The number of halogens is 3. The van der Waals surface area contributed by atoms with E-state index in [0.29, 0.717) is 60.2 Å². The van der Waals surface area contributed by atoms with E-state index in [-0.39, 0.29) is 5.91 Å². The molecule has 35 heavy (non-hydrogen) atoms. The molecule has 1 aliphatic heterocycles. The van der Waals surface area contributed by atoms with Crippen LogP contribution < -0.4 is 14.4 Å². The van der Waals surface area contributed by atoms with Crippen LogP contribution in [0.3, 0.4) is 0 Å². The molecule has 5 nitrogen and oxygen atoms in total. The zero-order valence-corrected chi connectivity index (χ0v) is 22.0. The van der Waals surface area contributed by atoms with Crippen LogP contribution in [0.2, 0.25) is 15.1 Å². The molecule has 1 fully saturated rings. The Balaban J connectivity index is 1.74. The Morgan fingerprint density at radius 2 is 1.66 bits per heavy atom. The van der Waals surface area contributed by atoms with E-state index in [4.69, 9.17) is 49.3 Å². The van der Waals surface area contributed by atoms with Crippen molar-refractivity contribution in [2.45, 2.75) is 13.3 Å². The maximum absolute atomic E-state index is 13.5. The fourth-order valence-electron chi connectivity index (χ4n) is 3.31. The van der Waals surface area contributed by atoms with E-state index in [1.165, 1.54) is 11.8 Å². The number of nitrogens with zero attached hydrogens (tertiary/aromatic N) is 2. The maximum atomic E-state index is 13.5. The molecule has 3 aromatic carbocycles. The van der Waals surface area contributed by atoms with Crippen LogP contribution in [0.5, 0.6) is 11.5 Å². The number of hydrogen-bond donors (Lipinski definition) is 0. The van der Waals surface area contributed by atoms with Gasteiger partial charge in [-0.25, -0.2) is 4.99 Å². The fourth-order valence-corrected chi connectivity index (χ4v) is 4.84. The van der Waals surface area contributed by atoms with Crippen molar-refractivity contribution < 1.29 is 14.3 Å². The lowest BCUT2D eigenvalue weighted by Gasteiger charge is -2.15. The van der Waals surface area contributed by atoms with Gasteiger partial charge in [-0.15, -0.1) is 0 Å². The van der Waals surface area contributed by atoms with Crippen molar-refractivity contribution in [2.24, 2.45) is 4.99 Å². The number of methoxy groups -OCH3 is 1. The molecular formula is C26H21Cl3N2O3S. The van der Waals surface area contributed by atoms with E-state index in [1.807, 2.05) is 6.92 Å². The van der Waals surface area contributed by atoms with Gasteiger partial charge in [-0.1, -0.05) is 41.7 Å². The minimum atomic E-state index is -0.216. The Labute approximate surface area is 223 Å². The highest BCUT2D eigenvalue weighted by molar-refractivity contribution is 8.19. The monoisotopic (exact) mass is 546 g/mol. The topological polar surface area (TPSA) is 51.1 Å². The molecule has 9 heteroatoms. The summed E-state index contributed by atoms with van der Waals surface area (Å²) in [6.07, 6.45) is 2.60. The molecule has 1 saturated heterocycles. The number of amides is 1. The summed E-state index contributed by atoms with van der Waals surface area (Å²) in [4.78, 5) is 20.2. The zero-order valence-electron chi connectivity index (χ0n) is 18.9. The van der Waals surface area contributed by atoms with Crippen LogP contribution in [-0.2, 0) is 4.79 Å². The van der Waals surface area contributed by atoms with Gasteiger partial charge in [0.2, 0.25) is 0 Å². The Morgan fingerprint density at radius 1 is 1.00 bits per heavy atom. The fraction of sp³-hybridized carbons (Fsp3) is 0.154. The van der Waals surface area contributed by atoms with Crippen molar-refractivity contribution in [3.05, 3.63) is 86.2 Å². The first-order chi connectivity index (χ1) is 16.9. The van der Waals surface area contributed by atoms with Gasteiger partial charge in [0, 0.05) is 10.0 Å². The van der Waals surface area contributed by atoms with Crippen molar-refractivity contribution >= 4 is 75.1 Å². The maximum Gasteiger partial charge on any atom is 0.271 e. The molecule has 3 aromatic rings. The molecule has 0 aliphatic carbocycles. The van der Waals surface area contributed by atoms with Crippen LogP contribution in [0, 0.1) is 0 Å². The highest BCUT2D eigenvalue weighted by Gasteiger charge is 2.35. The first-order valence-corrected chi connectivity index (χ1v) is 12.7. The van der Waals surface area contributed by atoms with Crippen LogP contribution >= 0.6 is 46.6 Å². The van der Waals surface area contributed by atoms with E-state index < -0.39 is 0 Å². The lowest BCUT2D eigenvalue weighted by Crippen LogP contribution is -2.28. The third-order valence-corrected chi connectivity index (χ3v) is 6.70. The zero-order chi connectivity index (χ0) is 24.9. The number of aliphatic imine (C=N–C) groups is 1. The van der Waals surface area contributed by atoms with Gasteiger partial charge in [0.15, 0.2) is 16.7 Å². The van der Waals surface area contributed by atoms with Crippen LogP contribution in [0.25, 0.3) is 6.08 Å². The van der Waals surface area contributed by atoms with Gasteiger partial charge in [-0.05, 0) is 90.5 Å². The van der Waals surface area contributed by atoms with E-state index in [9.17, 15) is 4.79 Å². The summed E-state index contributed by atoms with van der Waals surface area (Å²) >= 11 is 19.8. The third kappa shape index (κ3) is 5.96. The number of hydrogen-bond acceptors (Lipinski definition) is 5. The lowest BCUT2D eigenvalue weighted by atomic mass is 10.1. The highest BCUT2D eigenvalue weighted by Crippen LogP contribution is 2.41. The summed E-state index contributed by atoms with van der Waals surface area (Å²) in [6, 6.07) is 17.7. The lowest BCUT2D eigenvalue weighted by molar-refractivity contribution is -0.113. The Bertz CT molecular complexity index is 1290. The Hall–Kier alpha value is -2.64. The molecule has 180 valence electrons. The number of anilines is 1. The molecule has 0 unspecified atom stereocenters. The average Bonchev–Trinajstić information content (AvgIpc) is 3.14. The number of rotatable bonds is 7. The molecule has 0 atom stereocenters. The first kappa shape index (κ1) is 25.5. The summed E-state index contributed by atoms with van der Waals surface area (Å²) < 4.78 is 11.2. The second kappa shape index (κ2) is 11.4. The van der Waals surface area contributed by atoms with E-state index in [1.54, 1.807) is 78.7 Å².